The van der Waals surface area contributed by atoms with Crippen LogP contribution in [-0.2, 0) is 4.74 Å². The summed E-state index contributed by atoms with van der Waals surface area (Å²) in [5.41, 5.74) is -1.90. The Morgan fingerprint density at radius 1 is 1.41 bits per heavy atom. The maximum absolute atomic E-state index is 14.8. The highest BCUT2D eigenvalue weighted by Gasteiger charge is 2.52. The van der Waals surface area contributed by atoms with Gasteiger partial charge in [0.1, 0.15) is 18.0 Å². The van der Waals surface area contributed by atoms with Crippen molar-refractivity contribution in [2.45, 2.75) is 80.9 Å². The number of thioether (sulfide) groups is 1. The first kappa shape index (κ1) is 15.9. The number of aliphatic hydroxyl groups is 3. The van der Waals surface area contributed by atoms with Gasteiger partial charge in [0.05, 0.1) is 37.6 Å². The van der Waals surface area contributed by atoms with Gasteiger partial charge in [-0.1, -0.05) is 36.0 Å². The largest absolute Gasteiger partial charge is 0.394 e. The molecule has 37 heavy (non-hydrogen) atoms. The molecule has 0 bridgehead atoms. The number of benzene rings is 1. The van der Waals surface area contributed by atoms with E-state index in [0.29, 0.717) is 12.2 Å². The van der Waals surface area contributed by atoms with Gasteiger partial charge in [0.25, 0.3) is 0 Å². The van der Waals surface area contributed by atoms with Crippen LogP contribution in [0.1, 0.15) is 71.2 Å². The molecule has 200 valence electrons. The van der Waals surface area contributed by atoms with E-state index in [9.17, 15) is 19.7 Å². The summed E-state index contributed by atoms with van der Waals surface area (Å²) >= 11 is 1.11. The molecule has 12 heteroatoms. The number of nitrogens with one attached hydrogen (secondary N) is 1. The van der Waals surface area contributed by atoms with Crippen molar-refractivity contribution in [2.75, 3.05) is 24.2 Å². The minimum absolute atomic E-state index is 0.000396. The highest BCUT2D eigenvalue weighted by atomic mass is 32.2. The van der Waals surface area contributed by atoms with Gasteiger partial charge in [0.15, 0.2) is 22.1 Å². The smallest absolute Gasteiger partial charge is 0.191 e. The van der Waals surface area contributed by atoms with Crippen molar-refractivity contribution in [3.8, 4) is 0 Å². The van der Waals surface area contributed by atoms with Gasteiger partial charge in [-0.25, -0.2) is 19.0 Å². The molecule has 2 aromatic heterocycles. The molecule has 0 amide bonds. The van der Waals surface area contributed by atoms with Crippen LogP contribution in [0.2, 0.25) is 0 Å². The number of ether oxygens (including phenoxy) is 1. The SMILES string of the molecule is [2H]c1c([2H])c([C@@H]2C[C@@]2(C)Nc2nc(SCCC)nc3c2nnn3[C@]2([2H])C([2H])([2H])[C@]([2H])(OC([2H])([2H])CO)[C@@]([2H])(O)[C@@]2([2H])O)c([2H])c(F)c1C. The van der Waals surface area contributed by atoms with Crippen molar-refractivity contribution >= 4 is 28.7 Å². The first-order chi connectivity index (χ1) is 21.9. The van der Waals surface area contributed by atoms with Gasteiger partial charge in [-0.2, -0.15) is 0 Å². The van der Waals surface area contributed by atoms with Gasteiger partial charge in [0, 0.05) is 26.3 Å². The van der Waals surface area contributed by atoms with Crippen LogP contribution >= 0.6 is 11.8 Å². The Bertz CT molecular complexity index is 1780. The Morgan fingerprint density at radius 2 is 2.22 bits per heavy atom. The lowest BCUT2D eigenvalue weighted by molar-refractivity contribution is -0.0629. The number of rotatable bonds is 10. The molecule has 1 aromatic carbocycles. The van der Waals surface area contributed by atoms with Crippen LogP contribution in [0.4, 0.5) is 10.2 Å². The Morgan fingerprint density at radius 3 is 2.97 bits per heavy atom. The van der Waals surface area contributed by atoms with Crippen molar-refractivity contribution in [2.24, 2.45) is 0 Å². The molecular formula is C25H33FN6O4S. The molecular weight excluding hydrogens is 499 g/mol. The first-order valence-corrected chi connectivity index (χ1v) is 12.5. The standard InChI is InChI=1S/C25H33FN6O4S/c1-4-9-37-24-27-22(29-25(3)12-15(25)14-6-5-13(2)16(26)10-14)19-23(28-24)32(31-30-19)17-11-18(36-8-7-33)21(35)20(17)34/h5-6,10,15,17-18,20-21,33-35H,4,7-9,11-12H2,1-3H3,(H,27,28,29)/t15-,17+,18-,20-,21+,25+/m0/s1/i5D,6D,8D2,10D,11D2,17D,18D,20D,21D. The van der Waals surface area contributed by atoms with Crippen molar-refractivity contribution in [1.82, 2.24) is 25.0 Å². The summed E-state index contributed by atoms with van der Waals surface area (Å²) in [4.78, 5) is 8.77. The van der Waals surface area contributed by atoms with E-state index in [0.717, 1.165) is 11.8 Å². The minimum atomic E-state index is -4.09. The average molecular weight is 544 g/mol. The van der Waals surface area contributed by atoms with Gasteiger partial charge >= 0.3 is 0 Å². The molecule has 0 aliphatic heterocycles. The maximum atomic E-state index is 14.8. The average Bonchev–Trinajstić information content (AvgIpc) is 3.43. The molecule has 0 spiro atoms. The fraction of sp³-hybridized carbons (Fsp3) is 0.600. The number of anilines is 1. The second kappa shape index (κ2) is 10.4. The minimum Gasteiger partial charge on any atom is -0.394 e. The second-order valence-electron chi connectivity index (χ2n) is 8.81. The van der Waals surface area contributed by atoms with Crippen LogP contribution in [0.15, 0.2) is 23.3 Å². The lowest BCUT2D eigenvalue weighted by Gasteiger charge is -2.18. The molecule has 10 nitrogen and oxygen atoms in total. The highest BCUT2D eigenvalue weighted by molar-refractivity contribution is 7.99. The zero-order chi connectivity index (χ0) is 36.2. The second-order valence-corrected chi connectivity index (χ2v) is 9.87. The molecule has 0 unspecified atom stereocenters. The third kappa shape index (κ3) is 5.05. The first-order valence-electron chi connectivity index (χ1n) is 17.0. The number of aromatic nitrogens is 5. The van der Waals surface area contributed by atoms with Gasteiger partial charge in [-0.15, -0.1) is 5.10 Å². The lowest BCUT2D eigenvalue weighted by Crippen LogP contribution is -2.33. The summed E-state index contributed by atoms with van der Waals surface area (Å²) in [5.74, 6) is -1.17. The molecule has 0 saturated heterocycles. The van der Waals surface area contributed by atoms with Gasteiger partial charge in [-0.3, -0.25) is 0 Å². The van der Waals surface area contributed by atoms with E-state index in [2.05, 4.69) is 25.6 Å². The topological polar surface area (TPSA) is 138 Å². The number of hydrogen-bond donors (Lipinski definition) is 4. The molecule has 2 aliphatic carbocycles. The van der Waals surface area contributed by atoms with E-state index < -0.39 is 72.8 Å². The lowest BCUT2D eigenvalue weighted by atomic mass is 10.0. The number of hydrogen-bond acceptors (Lipinski definition) is 10. The fourth-order valence-corrected chi connectivity index (χ4v) is 4.59. The summed E-state index contributed by atoms with van der Waals surface area (Å²) in [7, 11) is 0. The van der Waals surface area contributed by atoms with Gasteiger partial charge in [0.2, 0.25) is 0 Å². The summed E-state index contributed by atoms with van der Waals surface area (Å²) < 4.78 is 112. The summed E-state index contributed by atoms with van der Waals surface area (Å²) in [6.07, 6.45) is -15.0. The monoisotopic (exact) mass is 543 g/mol. The van der Waals surface area contributed by atoms with Crippen LogP contribution < -0.4 is 5.32 Å². The molecule has 2 fully saturated rings. The van der Waals surface area contributed by atoms with Crippen LogP contribution in [0, 0.1) is 12.7 Å². The number of aliphatic hydroxyl groups excluding tert-OH is 1. The molecule has 4 N–H and O–H groups in total. The maximum Gasteiger partial charge on any atom is 0.191 e. The summed E-state index contributed by atoms with van der Waals surface area (Å²) in [6, 6.07) is -4.88. The Labute approximate surface area is 234 Å². The van der Waals surface area contributed by atoms with E-state index in [4.69, 9.17) is 19.8 Å². The zero-order valence-corrected chi connectivity index (χ0v) is 21.0. The summed E-state index contributed by atoms with van der Waals surface area (Å²) in [5, 5.41) is 42.4. The molecule has 3 aromatic rings. The quantitative estimate of drug-likeness (QED) is 0.223. The van der Waals surface area contributed by atoms with Crippen LogP contribution in [0.25, 0.3) is 11.2 Å². The van der Waals surface area contributed by atoms with E-state index in [1.165, 1.54) is 6.92 Å². The van der Waals surface area contributed by atoms with Crippen LogP contribution in [0.5, 0.6) is 0 Å². The molecule has 5 rings (SSSR count). The Balaban J connectivity index is 1.67. The normalized spacial score (nSPS) is 43.2. The third-order valence-corrected chi connectivity index (χ3v) is 7.06. The van der Waals surface area contributed by atoms with Crippen LogP contribution in [0.3, 0.4) is 0 Å². The van der Waals surface area contributed by atoms with E-state index >= 15 is 0 Å². The van der Waals surface area contributed by atoms with Crippen molar-refractivity contribution in [1.29, 1.82) is 0 Å². The predicted octanol–water partition coefficient (Wildman–Crippen LogP) is 2.57. The van der Waals surface area contributed by atoms with Crippen molar-refractivity contribution in [3.63, 3.8) is 0 Å². The number of halogens is 1. The number of nitrogens with zero attached hydrogens (tertiary/aromatic N) is 5. The predicted molar refractivity (Wildman–Crippen MR) is 137 cm³/mol. The van der Waals surface area contributed by atoms with Crippen LogP contribution in [-0.4, -0.2) is 83.0 Å². The molecule has 2 saturated carbocycles. The molecule has 2 heterocycles. The summed E-state index contributed by atoms with van der Waals surface area (Å²) in [6.45, 7) is 0.109. The van der Waals surface area contributed by atoms with E-state index in [1.807, 2.05) is 6.92 Å². The van der Waals surface area contributed by atoms with E-state index in [1.54, 1.807) is 6.92 Å². The Hall–Kier alpha value is -2.38. The zero-order valence-electron chi connectivity index (χ0n) is 31.2. The fourth-order valence-electron chi connectivity index (χ4n) is 3.90. The van der Waals surface area contributed by atoms with Crippen molar-refractivity contribution < 1.29 is 39.5 Å². The highest BCUT2D eigenvalue weighted by Crippen LogP contribution is 2.53. The third-order valence-electron chi connectivity index (χ3n) is 6.01. The van der Waals surface area contributed by atoms with Gasteiger partial charge < -0.3 is 25.4 Å². The van der Waals surface area contributed by atoms with Crippen molar-refractivity contribution in [3.05, 3.63) is 35.1 Å². The van der Waals surface area contributed by atoms with Gasteiger partial charge in [-0.05, 0) is 43.9 Å². The Kier molecular flexibility index (Phi) is 4.47. The molecule has 6 atom stereocenters. The molecule has 2 aliphatic rings. The number of fused-ring (bicyclic) bond motifs is 1. The van der Waals surface area contributed by atoms with E-state index in [-0.39, 0.29) is 50.8 Å². The molecule has 0 radical (unpaired) electrons.